The van der Waals surface area contributed by atoms with Crippen LogP contribution < -0.4 is 9.64 Å². The predicted octanol–water partition coefficient (Wildman–Crippen LogP) is 2.65. The Morgan fingerprint density at radius 2 is 1.88 bits per heavy atom. The average Bonchev–Trinajstić information content (AvgIpc) is 2.76. The van der Waals surface area contributed by atoms with E-state index in [0.29, 0.717) is 19.7 Å². The summed E-state index contributed by atoms with van der Waals surface area (Å²) in [6.07, 6.45) is -0.296. The van der Waals surface area contributed by atoms with Gasteiger partial charge in [-0.25, -0.2) is 4.79 Å². The molecule has 6 nitrogen and oxygen atoms in total. The van der Waals surface area contributed by atoms with E-state index in [1.807, 2.05) is 32.9 Å². The van der Waals surface area contributed by atoms with Gasteiger partial charge in [-0.3, -0.25) is 0 Å². The number of hydrogen-bond donors (Lipinski definition) is 0. The quantitative estimate of drug-likeness (QED) is 0.790. The Morgan fingerprint density at radius 3 is 2.58 bits per heavy atom. The molecule has 3 rings (SSSR count). The molecule has 0 radical (unpaired) electrons. The number of benzene rings is 1. The summed E-state index contributed by atoms with van der Waals surface area (Å²) in [6, 6.07) is 6.07. The highest BCUT2D eigenvalue weighted by molar-refractivity contribution is 5.70. The van der Waals surface area contributed by atoms with Crippen molar-refractivity contribution in [2.45, 2.75) is 32.9 Å². The highest BCUT2D eigenvalue weighted by atomic mass is 16.6. The highest BCUT2D eigenvalue weighted by Gasteiger charge is 2.27. The van der Waals surface area contributed by atoms with Gasteiger partial charge >= 0.3 is 6.09 Å². The third-order valence-electron chi connectivity index (χ3n) is 4.08. The monoisotopic (exact) mass is 334 g/mol. The molecule has 132 valence electrons. The van der Waals surface area contributed by atoms with Crippen LogP contribution in [0, 0.1) is 0 Å². The molecule has 0 saturated carbocycles. The number of amides is 1. The van der Waals surface area contributed by atoms with Crippen molar-refractivity contribution < 1.29 is 19.0 Å². The molecule has 0 N–H and O–H groups in total. The van der Waals surface area contributed by atoms with Crippen LogP contribution in [0.4, 0.5) is 10.5 Å². The predicted molar refractivity (Wildman–Crippen MR) is 91.6 cm³/mol. The van der Waals surface area contributed by atoms with Crippen LogP contribution in [0.2, 0.25) is 0 Å². The zero-order valence-corrected chi connectivity index (χ0v) is 14.7. The van der Waals surface area contributed by atoms with E-state index in [0.717, 1.165) is 43.3 Å². The molecule has 2 aliphatic rings. The second-order valence-corrected chi connectivity index (χ2v) is 7.10. The van der Waals surface area contributed by atoms with E-state index in [9.17, 15) is 4.79 Å². The Balaban J connectivity index is 1.84. The van der Waals surface area contributed by atoms with Crippen LogP contribution in [0.3, 0.4) is 0 Å². The summed E-state index contributed by atoms with van der Waals surface area (Å²) < 4.78 is 16.9. The van der Waals surface area contributed by atoms with Crippen molar-refractivity contribution in [3.63, 3.8) is 0 Å². The summed E-state index contributed by atoms with van der Waals surface area (Å²) in [6.45, 7) is 10.3. The topological polar surface area (TPSA) is 51.2 Å². The summed E-state index contributed by atoms with van der Waals surface area (Å²) in [5, 5.41) is 0. The van der Waals surface area contributed by atoms with E-state index in [4.69, 9.17) is 14.2 Å². The number of rotatable bonds is 1. The van der Waals surface area contributed by atoms with E-state index in [1.54, 1.807) is 4.90 Å². The Morgan fingerprint density at radius 1 is 1.12 bits per heavy atom. The zero-order chi connectivity index (χ0) is 17.2. The molecule has 0 aliphatic carbocycles. The molecule has 1 aromatic carbocycles. The van der Waals surface area contributed by atoms with Gasteiger partial charge in [-0.05, 0) is 32.9 Å². The van der Waals surface area contributed by atoms with E-state index in [-0.39, 0.29) is 6.09 Å². The third kappa shape index (κ3) is 3.93. The number of fused-ring (bicyclic) bond motifs is 1. The summed E-state index contributed by atoms with van der Waals surface area (Å²) in [4.78, 5) is 16.5. The Kier molecular flexibility index (Phi) is 4.85. The van der Waals surface area contributed by atoms with Gasteiger partial charge in [0.1, 0.15) is 18.0 Å². The van der Waals surface area contributed by atoms with Gasteiger partial charge in [0.25, 0.3) is 0 Å². The molecule has 24 heavy (non-hydrogen) atoms. The highest BCUT2D eigenvalue weighted by Crippen LogP contribution is 2.33. The Labute approximate surface area is 143 Å². The van der Waals surface area contributed by atoms with Crippen LogP contribution in [-0.4, -0.2) is 56.0 Å². The fourth-order valence-corrected chi connectivity index (χ4v) is 2.97. The van der Waals surface area contributed by atoms with E-state index >= 15 is 0 Å². The SMILES string of the molecule is CC(C)(C)OC(=O)N1CCOc2cccc(N3CCOCC3)c2C1. The first-order valence-corrected chi connectivity index (χ1v) is 8.49. The molecule has 1 amide bonds. The smallest absolute Gasteiger partial charge is 0.410 e. The van der Waals surface area contributed by atoms with Crippen molar-refractivity contribution in [2.24, 2.45) is 0 Å². The number of carbonyl (C=O) groups excluding carboxylic acids is 1. The number of hydrogen-bond acceptors (Lipinski definition) is 5. The maximum atomic E-state index is 12.5. The lowest BCUT2D eigenvalue weighted by atomic mass is 10.1. The minimum Gasteiger partial charge on any atom is -0.491 e. The molecular formula is C18H26N2O4. The molecule has 0 aromatic heterocycles. The summed E-state index contributed by atoms with van der Waals surface area (Å²) in [7, 11) is 0. The van der Waals surface area contributed by atoms with Crippen molar-refractivity contribution in [2.75, 3.05) is 44.4 Å². The van der Waals surface area contributed by atoms with Gasteiger partial charge in [-0.1, -0.05) is 6.07 Å². The Bertz CT molecular complexity index is 591. The lowest BCUT2D eigenvalue weighted by Gasteiger charge is -2.32. The first kappa shape index (κ1) is 16.9. The van der Waals surface area contributed by atoms with Gasteiger partial charge in [-0.15, -0.1) is 0 Å². The number of nitrogens with zero attached hydrogens (tertiary/aromatic N) is 2. The molecule has 6 heteroatoms. The number of morpholine rings is 1. The van der Waals surface area contributed by atoms with E-state index in [1.165, 1.54) is 0 Å². The fraction of sp³-hybridized carbons (Fsp3) is 0.611. The molecule has 1 aromatic rings. The van der Waals surface area contributed by atoms with Crippen LogP contribution in [0.25, 0.3) is 0 Å². The molecule has 0 unspecified atom stereocenters. The van der Waals surface area contributed by atoms with Crippen LogP contribution >= 0.6 is 0 Å². The average molecular weight is 334 g/mol. The van der Waals surface area contributed by atoms with Gasteiger partial charge < -0.3 is 24.0 Å². The van der Waals surface area contributed by atoms with Gasteiger partial charge in [-0.2, -0.15) is 0 Å². The second-order valence-electron chi connectivity index (χ2n) is 7.10. The van der Waals surface area contributed by atoms with Crippen molar-refractivity contribution in [3.8, 4) is 5.75 Å². The lowest BCUT2D eigenvalue weighted by Crippen LogP contribution is -2.39. The number of anilines is 1. The maximum Gasteiger partial charge on any atom is 0.410 e. The van der Waals surface area contributed by atoms with Crippen molar-refractivity contribution in [3.05, 3.63) is 23.8 Å². The molecule has 2 heterocycles. The molecule has 1 fully saturated rings. The van der Waals surface area contributed by atoms with Crippen LogP contribution in [0.15, 0.2) is 18.2 Å². The molecular weight excluding hydrogens is 308 g/mol. The largest absolute Gasteiger partial charge is 0.491 e. The second kappa shape index (κ2) is 6.89. The van der Waals surface area contributed by atoms with Crippen molar-refractivity contribution >= 4 is 11.8 Å². The standard InChI is InChI=1S/C18H26N2O4/c1-18(2,3)24-17(21)20-9-12-23-16-6-4-5-15(14(16)13-20)19-7-10-22-11-8-19/h4-6H,7-13H2,1-3H3. The van der Waals surface area contributed by atoms with Gasteiger partial charge in [0.05, 0.1) is 26.3 Å². The molecule has 0 spiro atoms. The maximum absolute atomic E-state index is 12.5. The van der Waals surface area contributed by atoms with Gasteiger partial charge in [0.2, 0.25) is 0 Å². The first-order chi connectivity index (χ1) is 11.4. The molecule has 2 aliphatic heterocycles. The Hall–Kier alpha value is -1.95. The zero-order valence-electron chi connectivity index (χ0n) is 14.7. The lowest BCUT2D eigenvalue weighted by molar-refractivity contribution is 0.0225. The van der Waals surface area contributed by atoms with Crippen molar-refractivity contribution in [1.29, 1.82) is 0 Å². The van der Waals surface area contributed by atoms with Crippen LogP contribution in [-0.2, 0) is 16.0 Å². The van der Waals surface area contributed by atoms with Gasteiger partial charge in [0, 0.05) is 24.3 Å². The number of carbonyl (C=O) groups is 1. The minimum absolute atomic E-state index is 0.296. The molecule has 1 saturated heterocycles. The van der Waals surface area contributed by atoms with E-state index in [2.05, 4.69) is 11.0 Å². The van der Waals surface area contributed by atoms with Crippen molar-refractivity contribution in [1.82, 2.24) is 4.90 Å². The molecule has 0 atom stereocenters. The summed E-state index contributed by atoms with van der Waals surface area (Å²) in [5.74, 6) is 0.852. The van der Waals surface area contributed by atoms with E-state index < -0.39 is 5.60 Å². The molecule has 0 bridgehead atoms. The number of ether oxygens (including phenoxy) is 3. The minimum atomic E-state index is -0.503. The fourth-order valence-electron chi connectivity index (χ4n) is 2.97. The summed E-state index contributed by atoms with van der Waals surface area (Å²) >= 11 is 0. The normalized spacial score (nSPS) is 18.5. The van der Waals surface area contributed by atoms with Crippen LogP contribution in [0.5, 0.6) is 5.75 Å². The first-order valence-electron chi connectivity index (χ1n) is 8.49. The summed E-state index contributed by atoms with van der Waals surface area (Å²) in [5.41, 5.74) is 1.66. The van der Waals surface area contributed by atoms with Crippen LogP contribution in [0.1, 0.15) is 26.3 Å². The third-order valence-corrected chi connectivity index (χ3v) is 4.08. The van der Waals surface area contributed by atoms with Gasteiger partial charge in [0.15, 0.2) is 0 Å².